The molecule has 1 heterocycles. The minimum Gasteiger partial charge on any atom is -0.266 e. The fraction of sp³-hybridized carbons (Fsp3) is 0.238. The summed E-state index contributed by atoms with van der Waals surface area (Å²) in [5.74, 6) is -0.282. The highest BCUT2D eigenvalue weighted by atomic mass is 35.5. The molecule has 1 amide bonds. The van der Waals surface area contributed by atoms with E-state index in [2.05, 4.69) is 29.6 Å². The largest absolute Gasteiger partial charge is 0.283 e. The van der Waals surface area contributed by atoms with Crippen LogP contribution in [0, 0.1) is 6.92 Å². The van der Waals surface area contributed by atoms with Crippen molar-refractivity contribution in [3.8, 4) is 0 Å². The monoisotopic (exact) mass is 384 g/mol. The molecule has 0 aliphatic carbocycles. The molecule has 0 radical (unpaired) electrons. The summed E-state index contributed by atoms with van der Waals surface area (Å²) in [6.07, 6.45) is 2.19. The SMILES string of the molecule is CCCc1ccc(/C(C)=N/NC(=O)c2sc3cc(C)ccc3c2Cl)cc1. The van der Waals surface area contributed by atoms with Gasteiger partial charge in [0.2, 0.25) is 0 Å². The highest BCUT2D eigenvalue weighted by molar-refractivity contribution is 7.21. The first-order valence-corrected chi connectivity index (χ1v) is 9.81. The topological polar surface area (TPSA) is 41.5 Å². The number of nitrogens with zero attached hydrogens (tertiary/aromatic N) is 1. The van der Waals surface area contributed by atoms with Crippen LogP contribution in [-0.2, 0) is 6.42 Å². The molecule has 1 N–H and O–H groups in total. The molecule has 5 heteroatoms. The number of nitrogens with one attached hydrogen (secondary N) is 1. The van der Waals surface area contributed by atoms with Gasteiger partial charge in [0.25, 0.3) is 5.91 Å². The average molecular weight is 385 g/mol. The molecule has 0 saturated carbocycles. The second-order valence-electron chi connectivity index (χ2n) is 6.33. The molecule has 2 aromatic carbocycles. The molecule has 3 nitrogen and oxygen atoms in total. The number of rotatable bonds is 5. The number of halogens is 1. The minimum atomic E-state index is -0.282. The van der Waals surface area contributed by atoms with Gasteiger partial charge in [-0.1, -0.05) is 61.3 Å². The summed E-state index contributed by atoms with van der Waals surface area (Å²) >= 11 is 7.77. The van der Waals surface area contributed by atoms with Gasteiger partial charge < -0.3 is 0 Å². The first-order valence-electron chi connectivity index (χ1n) is 8.62. The molecule has 1 aromatic heterocycles. The van der Waals surface area contributed by atoms with Gasteiger partial charge in [0.15, 0.2) is 0 Å². The van der Waals surface area contributed by atoms with E-state index in [4.69, 9.17) is 11.6 Å². The Kier molecular flexibility index (Phi) is 5.74. The van der Waals surface area contributed by atoms with E-state index in [1.807, 2.05) is 44.2 Å². The van der Waals surface area contributed by atoms with Gasteiger partial charge >= 0.3 is 0 Å². The van der Waals surface area contributed by atoms with Crippen LogP contribution in [0.15, 0.2) is 47.6 Å². The molecule has 0 atom stereocenters. The van der Waals surface area contributed by atoms with Gasteiger partial charge in [-0.25, -0.2) is 5.43 Å². The Labute approximate surface area is 162 Å². The first kappa shape index (κ1) is 18.6. The van der Waals surface area contributed by atoms with Crippen molar-refractivity contribution in [1.82, 2.24) is 5.43 Å². The molecule has 3 rings (SSSR count). The number of amides is 1. The van der Waals surface area contributed by atoms with Crippen LogP contribution in [0.4, 0.5) is 0 Å². The maximum absolute atomic E-state index is 12.5. The fourth-order valence-corrected chi connectivity index (χ4v) is 4.27. The predicted octanol–water partition coefficient (Wildman–Crippen LogP) is 5.97. The van der Waals surface area contributed by atoms with Crippen molar-refractivity contribution >= 4 is 44.6 Å². The van der Waals surface area contributed by atoms with Crippen LogP contribution < -0.4 is 5.43 Å². The van der Waals surface area contributed by atoms with Crippen molar-refractivity contribution in [2.45, 2.75) is 33.6 Å². The Morgan fingerprint density at radius 1 is 1.19 bits per heavy atom. The maximum atomic E-state index is 12.5. The molecule has 0 fully saturated rings. The molecular formula is C21H21ClN2OS. The molecule has 0 aliphatic rings. The third-order valence-corrected chi connectivity index (χ3v) is 5.88. The Morgan fingerprint density at radius 2 is 1.92 bits per heavy atom. The van der Waals surface area contributed by atoms with Crippen LogP contribution in [0.3, 0.4) is 0 Å². The molecule has 0 spiro atoms. The predicted molar refractivity (Wildman–Crippen MR) is 112 cm³/mol. The highest BCUT2D eigenvalue weighted by Crippen LogP contribution is 2.35. The standard InChI is InChI=1S/C21H21ClN2OS/c1-4-5-15-7-9-16(10-8-15)14(3)23-24-21(25)20-19(22)17-11-6-13(2)12-18(17)26-20/h6-12H,4-5H2,1-3H3,(H,24,25)/b23-14+. The summed E-state index contributed by atoms with van der Waals surface area (Å²) in [7, 11) is 0. The number of fused-ring (bicyclic) bond motifs is 1. The van der Waals surface area contributed by atoms with E-state index in [9.17, 15) is 4.79 Å². The summed E-state index contributed by atoms with van der Waals surface area (Å²) in [5.41, 5.74) is 6.82. The van der Waals surface area contributed by atoms with Crippen molar-refractivity contribution in [2.24, 2.45) is 5.10 Å². The van der Waals surface area contributed by atoms with E-state index in [1.165, 1.54) is 16.9 Å². The molecular weight excluding hydrogens is 364 g/mol. The zero-order valence-electron chi connectivity index (χ0n) is 15.1. The first-order chi connectivity index (χ1) is 12.5. The number of thiophene rings is 1. The normalized spacial score (nSPS) is 11.8. The zero-order valence-corrected chi connectivity index (χ0v) is 16.7. The van der Waals surface area contributed by atoms with Crippen LogP contribution in [0.1, 0.15) is 46.6 Å². The molecule has 0 unspecified atom stereocenters. The van der Waals surface area contributed by atoms with Crippen molar-refractivity contribution in [2.75, 3.05) is 0 Å². The van der Waals surface area contributed by atoms with Gasteiger partial charge in [-0.05, 0) is 43.0 Å². The average Bonchev–Trinajstić information content (AvgIpc) is 2.96. The van der Waals surface area contributed by atoms with Crippen LogP contribution in [0.25, 0.3) is 10.1 Å². The van der Waals surface area contributed by atoms with Crippen molar-refractivity contribution in [3.05, 3.63) is 69.1 Å². The molecule has 134 valence electrons. The van der Waals surface area contributed by atoms with Crippen molar-refractivity contribution < 1.29 is 4.79 Å². The van der Waals surface area contributed by atoms with Crippen LogP contribution in [0.5, 0.6) is 0 Å². The van der Waals surface area contributed by atoms with Gasteiger partial charge in [0, 0.05) is 10.1 Å². The third kappa shape index (κ3) is 3.97. The molecule has 26 heavy (non-hydrogen) atoms. The summed E-state index contributed by atoms with van der Waals surface area (Å²) in [6, 6.07) is 14.3. The number of hydrogen-bond acceptors (Lipinski definition) is 3. The second-order valence-corrected chi connectivity index (χ2v) is 7.76. The Balaban J connectivity index is 1.77. The zero-order chi connectivity index (χ0) is 18.7. The second kappa shape index (κ2) is 8.02. The molecule has 0 saturated heterocycles. The maximum Gasteiger partial charge on any atom is 0.283 e. The van der Waals surface area contributed by atoms with Crippen molar-refractivity contribution in [1.29, 1.82) is 0 Å². The molecule has 0 bridgehead atoms. The Bertz CT molecular complexity index is 974. The Hall–Kier alpha value is -2.17. The number of benzene rings is 2. The van der Waals surface area contributed by atoms with E-state index < -0.39 is 0 Å². The van der Waals surface area contributed by atoms with Gasteiger partial charge in [-0.15, -0.1) is 11.3 Å². The quantitative estimate of drug-likeness (QED) is 0.427. The lowest BCUT2D eigenvalue weighted by Crippen LogP contribution is -2.18. The smallest absolute Gasteiger partial charge is 0.266 e. The van der Waals surface area contributed by atoms with E-state index in [0.29, 0.717) is 9.90 Å². The lowest BCUT2D eigenvalue weighted by molar-refractivity contribution is 0.0959. The lowest BCUT2D eigenvalue weighted by atomic mass is 10.1. The number of aryl methyl sites for hydroxylation is 2. The number of carbonyl (C=O) groups is 1. The van der Waals surface area contributed by atoms with E-state index in [0.717, 1.165) is 39.8 Å². The summed E-state index contributed by atoms with van der Waals surface area (Å²) in [5, 5.41) is 5.63. The lowest BCUT2D eigenvalue weighted by Gasteiger charge is -2.04. The molecule has 0 aliphatic heterocycles. The molecule has 3 aromatic rings. The summed E-state index contributed by atoms with van der Waals surface area (Å²) in [6.45, 7) is 6.06. The van der Waals surface area contributed by atoms with Gasteiger partial charge in [-0.3, -0.25) is 4.79 Å². The van der Waals surface area contributed by atoms with Crippen LogP contribution >= 0.6 is 22.9 Å². The van der Waals surface area contributed by atoms with Crippen LogP contribution in [-0.4, -0.2) is 11.6 Å². The van der Waals surface area contributed by atoms with Crippen molar-refractivity contribution in [3.63, 3.8) is 0 Å². The van der Waals surface area contributed by atoms with Gasteiger partial charge in [-0.2, -0.15) is 5.10 Å². The van der Waals surface area contributed by atoms with E-state index >= 15 is 0 Å². The van der Waals surface area contributed by atoms with E-state index in [-0.39, 0.29) is 5.91 Å². The summed E-state index contributed by atoms with van der Waals surface area (Å²) < 4.78 is 1.01. The third-order valence-electron chi connectivity index (χ3n) is 4.23. The fourth-order valence-electron chi connectivity index (χ4n) is 2.77. The number of carbonyl (C=O) groups excluding carboxylic acids is 1. The number of hydrazone groups is 1. The van der Waals surface area contributed by atoms with Gasteiger partial charge in [0.1, 0.15) is 4.88 Å². The Morgan fingerprint density at radius 3 is 2.62 bits per heavy atom. The summed E-state index contributed by atoms with van der Waals surface area (Å²) in [4.78, 5) is 13.0. The highest BCUT2D eigenvalue weighted by Gasteiger charge is 2.17. The van der Waals surface area contributed by atoms with Crippen LogP contribution in [0.2, 0.25) is 5.02 Å². The minimum absolute atomic E-state index is 0.282. The van der Waals surface area contributed by atoms with Gasteiger partial charge in [0.05, 0.1) is 10.7 Å². The van der Waals surface area contributed by atoms with E-state index in [1.54, 1.807) is 0 Å². The number of hydrogen-bond donors (Lipinski definition) is 1.